The van der Waals surface area contributed by atoms with Crippen molar-refractivity contribution < 1.29 is 9.32 Å². The highest BCUT2D eigenvalue weighted by Crippen LogP contribution is 2.39. The molecule has 1 amide bonds. The lowest BCUT2D eigenvalue weighted by Crippen LogP contribution is -2.21. The van der Waals surface area contributed by atoms with Gasteiger partial charge in [0.25, 0.3) is 0 Å². The lowest BCUT2D eigenvalue weighted by atomic mass is 9.95. The lowest BCUT2D eigenvalue weighted by Gasteiger charge is -2.26. The summed E-state index contributed by atoms with van der Waals surface area (Å²) in [5, 5.41) is 15.8. The number of amides is 1. The van der Waals surface area contributed by atoms with Gasteiger partial charge in [-0.3, -0.25) is 4.79 Å². The van der Waals surface area contributed by atoms with Gasteiger partial charge in [-0.1, -0.05) is 66.5 Å². The van der Waals surface area contributed by atoms with Gasteiger partial charge in [0.15, 0.2) is 11.0 Å². The summed E-state index contributed by atoms with van der Waals surface area (Å²) in [6.45, 7) is 3.78. The van der Waals surface area contributed by atoms with Crippen molar-refractivity contribution in [1.82, 2.24) is 19.9 Å². The predicted molar refractivity (Wildman–Crippen MR) is 112 cm³/mol. The minimum atomic E-state index is -0.473. The van der Waals surface area contributed by atoms with Crippen LogP contribution in [0.1, 0.15) is 60.5 Å². The first-order valence-electron chi connectivity index (χ1n) is 9.99. The molecule has 152 valence electrons. The Labute approximate surface area is 174 Å². The average molecular weight is 412 g/mol. The molecule has 1 aromatic carbocycles. The lowest BCUT2D eigenvalue weighted by molar-refractivity contribution is -0.115. The van der Waals surface area contributed by atoms with Gasteiger partial charge in [-0.05, 0) is 32.3 Å². The molecule has 1 saturated carbocycles. The van der Waals surface area contributed by atoms with Gasteiger partial charge in [0.05, 0.1) is 0 Å². The van der Waals surface area contributed by atoms with Crippen LogP contribution >= 0.6 is 11.8 Å². The smallest absolute Gasteiger partial charge is 0.243 e. The third kappa shape index (κ3) is 4.53. The van der Waals surface area contributed by atoms with Crippen LogP contribution in [0.25, 0.3) is 0 Å². The number of rotatable bonds is 6. The zero-order valence-corrected chi connectivity index (χ0v) is 17.5. The normalized spacial score (nSPS) is 15.9. The van der Waals surface area contributed by atoms with E-state index in [1.807, 2.05) is 37.3 Å². The Morgan fingerprint density at radius 1 is 1.17 bits per heavy atom. The molecule has 2 aromatic heterocycles. The van der Waals surface area contributed by atoms with Gasteiger partial charge in [0.1, 0.15) is 16.8 Å². The van der Waals surface area contributed by atoms with Gasteiger partial charge >= 0.3 is 0 Å². The van der Waals surface area contributed by atoms with Gasteiger partial charge in [-0.2, -0.15) is 0 Å². The van der Waals surface area contributed by atoms with E-state index < -0.39 is 5.25 Å². The molecule has 1 aliphatic carbocycles. The summed E-state index contributed by atoms with van der Waals surface area (Å²) in [6, 6.07) is 11.8. The number of carbonyl (C=O) groups is 1. The maximum absolute atomic E-state index is 13.2. The number of hydrogen-bond donors (Lipinski definition) is 1. The summed E-state index contributed by atoms with van der Waals surface area (Å²) in [7, 11) is 0. The Morgan fingerprint density at radius 3 is 2.62 bits per heavy atom. The molecule has 4 rings (SSSR count). The standard InChI is InChI=1S/C21H25N5O2S/c1-14-13-18(25-28-14)22-20(27)19(16-9-5-3-6-10-16)29-21-24-23-15(2)26(21)17-11-7-4-8-12-17/h3,5-6,9-10,13,17,19H,4,7-8,11-12H2,1-2H3,(H,22,25,27). The fraction of sp³-hybridized carbons (Fsp3) is 0.429. The Balaban J connectivity index is 1.62. The Hall–Kier alpha value is -2.61. The topological polar surface area (TPSA) is 85.8 Å². The zero-order chi connectivity index (χ0) is 20.2. The SMILES string of the molecule is Cc1cc(NC(=O)C(Sc2nnc(C)n2C2CCCCC2)c2ccccc2)no1. The highest BCUT2D eigenvalue weighted by Gasteiger charge is 2.28. The number of aryl methyl sites for hydroxylation is 2. The van der Waals surface area contributed by atoms with E-state index in [9.17, 15) is 4.79 Å². The van der Waals surface area contributed by atoms with E-state index in [0.717, 1.165) is 29.4 Å². The number of thioether (sulfide) groups is 1. The number of hydrogen-bond acceptors (Lipinski definition) is 6. The minimum absolute atomic E-state index is 0.162. The summed E-state index contributed by atoms with van der Waals surface area (Å²) < 4.78 is 7.29. The third-order valence-corrected chi connectivity index (χ3v) is 6.43. The maximum Gasteiger partial charge on any atom is 0.243 e. The molecule has 0 spiro atoms. The van der Waals surface area contributed by atoms with E-state index in [-0.39, 0.29) is 5.91 Å². The van der Waals surface area contributed by atoms with Crippen LogP contribution in [-0.2, 0) is 4.79 Å². The molecule has 29 heavy (non-hydrogen) atoms. The van der Waals surface area contributed by atoms with Crippen molar-refractivity contribution in [3.8, 4) is 0 Å². The van der Waals surface area contributed by atoms with Gasteiger partial charge < -0.3 is 14.4 Å². The van der Waals surface area contributed by atoms with Gasteiger partial charge in [0, 0.05) is 12.1 Å². The van der Waals surface area contributed by atoms with Crippen molar-refractivity contribution >= 4 is 23.5 Å². The first-order valence-corrected chi connectivity index (χ1v) is 10.9. The molecule has 3 aromatic rings. The first-order chi connectivity index (χ1) is 14.1. The van der Waals surface area contributed by atoms with Crippen molar-refractivity contribution in [3.05, 3.63) is 53.5 Å². The molecule has 1 aliphatic rings. The van der Waals surface area contributed by atoms with Gasteiger partial charge in [0.2, 0.25) is 5.91 Å². The van der Waals surface area contributed by atoms with E-state index in [1.165, 1.54) is 31.0 Å². The number of benzene rings is 1. The van der Waals surface area contributed by atoms with Crippen LogP contribution in [-0.4, -0.2) is 25.8 Å². The summed E-state index contributed by atoms with van der Waals surface area (Å²) in [5.74, 6) is 1.81. The molecular formula is C21H25N5O2S. The predicted octanol–water partition coefficient (Wildman–Crippen LogP) is 4.86. The van der Waals surface area contributed by atoms with Gasteiger partial charge in [-0.15, -0.1) is 10.2 Å². The van der Waals surface area contributed by atoms with E-state index in [0.29, 0.717) is 17.6 Å². The maximum atomic E-state index is 13.2. The van der Waals surface area contributed by atoms with Crippen molar-refractivity contribution in [3.63, 3.8) is 0 Å². The molecule has 1 fully saturated rings. The van der Waals surface area contributed by atoms with Crippen molar-refractivity contribution in [2.24, 2.45) is 0 Å². The van der Waals surface area contributed by atoms with Crippen LogP contribution in [0, 0.1) is 13.8 Å². The van der Waals surface area contributed by atoms with E-state index in [1.54, 1.807) is 13.0 Å². The first kappa shape index (κ1) is 19.7. The van der Waals surface area contributed by atoms with E-state index >= 15 is 0 Å². The Morgan fingerprint density at radius 2 is 1.93 bits per heavy atom. The van der Waals surface area contributed by atoms with Crippen LogP contribution in [0.15, 0.2) is 46.1 Å². The number of carbonyl (C=O) groups excluding carboxylic acids is 1. The average Bonchev–Trinajstić information content (AvgIpc) is 3.32. The van der Waals surface area contributed by atoms with E-state index in [4.69, 9.17) is 4.52 Å². The molecule has 7 nitrogen and oxygen atoms in total. The third-order valence-electron chi connectivity index (χ3n) is 5.22. The number of nitrogens with zero attached hydrogens (tertiary/aromatic N) is 4. The summed E-state index contributed by atoms with van der Waals surface area (Å²) >= 11 is 1.44. The Bertz CT molecular complexity index is 963. The molecule has 1 atom stereocenters. The molecule has 0 aliphatic heterocycles. The second-order valence-electron chi connectivity index (χ2n) is 7.41. The van der Waals surface area contributed by atoms with Gasteiger partial charge in [-0.25, -0.2) is 0 Å². The second kappa shape index (κ2) is 8.82. The monoisotopic (exact) mass is 411 g/mol. The van der Waals surface area contributed by atoms with Crippen LogP contribution in [0.5, 0.6) is 0 Å². The molecule has 8 heteroatoms. The molecule has 0 saturated heterocycles. The summed E-state index contributed by atoms with van der Waals surface area (Å²) in [4.78, 5) is 13.2. The largest absolute Gasteiger partial charge is 0.360 e. The fourth-order valence-electron chi connectivity index (χ4n) is 3.81. The number of nitrogens with one attached hydrogen (secondary N) is 1. The zero-order valence-electron chi connectivity index (χ0n) is 16.7. The van der Waals surface area contributed by atoms with Crippen molar-refractivity contribution in [2.45, 2.75) is 62.4 Å². The number of aromatic nitrogens is 4. The molecule has 1 N–H and O–H groups in total. The van der Waals surface area contributed by atoms with Crippen LogP contribution in [0.4, 0.5) is 5.82 Å². The Kier molecular flexibility index (Phi) is 5.99. The van der Waals surface area contributed by atoms with Crippen LogP contribution in [0.2, 0.25) is 0 Å². The van der Waals surface area contributed by atoms with Crippen LogP contribution in [0.3, 0.4) is 0 Å². The van der Waals surface area contributed by atoms with E-state index in [2.05, 4.69) is 25.2 Å². The number of anilines is 1. The summed E-state index contributed by atoms with van der Waals surface area (Å²) in [6.07, 6.45) is 5.99. The second-order valence-corrected chi connectivity index (χ2v) is 8.48. The molecule has 0 bridgehead atoms. The molecule has 0 radical (unpaired) electrons. The van der Waals surface area contributed by atoms with Crippen LogP contribution < -0.4 is 5.32 Å². The minimum Gasteiger partial charge on any atom is -0.360 e. The molecule has 2 heterocycles. The molecular weight excluding hydrogens is 386 g/mol. The quantitative estimate of drug-likeness (QED) is 0.583. The molecule has 1 unspecified atom stereocenters. The summed E-state index contributed by atoms with van der Waals surface area (Å²) in [5.41, 5.74) is 0.908. The fourth-order valence-corrected chi connectivity index (χ4v) is 4.97. The highest BCUT2D eigenvalue weighted by molar-refractivity contribution is 8.00. The van der Waals surface area contributed by atoms with Crippen molar-refractivity contribution in [1.29, 1.82) is 0 Å². The van der Waals surface area contributed by atoms with Crippen molar-refractivity contribution in [2.75, 3.05) is 5.32 Å². The highest BCUT2D eigenvalue weighted by atomic mass is 32.2.